The number of likely N-dealkylation sites (tertiary alicyclic amines) is 1. The van der Waals surface area contributed by atoms with Gasteiger partial charge in [0.1, 0.15) is 11.5 Å². The largest absolute Gasteiger partial charge is 0.507 e. The van der Waals surface area contributed by atoms with Crippen molar-refractivity contribution in [2.75, 3.05) is 13.7 Å². The van der Waals surface area contributed by atoms with Gasteiger partial charge in [-0.25, -0.2) is 0 Å². The molecule has 0 bridgehead atoms. The smallest absolute Gasteiger partial charge is 0.295 e. The number of hydrogen-bond acceptors (Lipinski definition) is 6. The maximum Gasteiger partial charge on any atom is 0.295 e. The molecule has 8 heteroatoms. The molecule has 1 amide bonds. The summed E-state index contributed by atoms with van der Waals surface area (Å²) in [6.07, 6.45) is 16.9. The van der Waals surface area contributed by atoms with Crippen LogP contribution in [-0.2, 0) is 9.59 Å². The van der Waals surface area contributed by atoms with E-state index in [4.69, 9.17) is 4.74 Å². The molecule has 0 spiro atoms. The molecule has 1 aliphatic heterocycles. The van der Waals surface area contributed by atoms with Crippen molar-refractivity contribution in [1.29, 1.82) is 0 Å². The molecule has 0 radical (unpaired) electrons. The molecular formula is C34H46N2O6. The third kappa shape index (κ3) is 9.16. The first-order valence-corrected chi connectivity index (χ1v) is 15.6. The van der Waals surface area contributed by atoms with E-state index in [-0.39, 0.29) is 17.0 Å². The van der Waals surface area contributed by atoms with Crippen LogP contribution < -0.4 is 4.74 Å². The number of carbonyl (C=O) groups is 2. The van der Waals surface area contributed by atoms with E-state index in [0.29, 0.717) is 29.8 Å². The molecule has 0 unspecified atom stereocenters. The Balaban J connectivity index is 1.61. The lowest BCUT2D eigenvalue weighted by Gasteiger charge is -2.25. The van der Waals surface area contributed by atoms with E-state index in [1.807, 2.05) is 0 Å². The van der Waals surface area contributed by atoms with Crippen molar-refractivity contribution in [1.82, 2.24) is 4.90 Å². The van der Waals surface area contributed by atoms with Crippen molar-refractivity contribution < 1.29 is 24.4 Å². The lowest BCUT2D eigenvalue weighted by Crippen LogP contribution is -2.30. The SMILES string of the molecule is CCCCCCCCCCCCCCCCN1C(=O)C(=O)C(=C(O)c2ccc(OC)cc2)[C@H]1c1cccc([N+](=O)[O-])c1. The summed E-state index contributed by atoms with van der Waals surface area (Å²) in [4.78, 5) is 38.9. The lowest BCUT2D eigenvalue weighted by molar-refractivity contribution is -0.384. The van der Waals surface area contributed by atoms with Crippen molar-refractivity contribution >= 4 is 23.1 Å². The molecule has 2 aromatic carbocycles. The van der Waals surface area contributed by atoms with Gasteiger partial charge in [0, 0.05) is 24.2 Å². The molecule has 1 aliphatic rings. The molecule has 42 heavy (non-hydrogen) atoms. The molecule has 1 saturated heterocycles. The number of amides is 1. The highest BCUT2D eigenvalue weighted by atomic mass is 16.6. The number of benzene rings is 2. The Morgan fingerprint density at radius 2 is 1.40 bits per heavy atom. The topological polar surface area (TPSA) is 110 Å². The minimum atomic E-state index is -0.908. The van der Waals surface area contributed by atoms with Crippen molar-refractivity contribution in [3.05, 3.63) is 75.3 Å². The molecule has 2 aromatic rings. The number of nitro benzene ring substituents is 1. The molecule has 1 fully saturated rings. The van der Waals surface area contributed by atoms with Crippen LogP contribution in [0.1, 0.15) is 114 Å². The van der Waals surface area contributed by atoms with Crippen LogP contribution in [0.2, 0.25) is 0 Å². The second kappa shape index (κ2) is 17.3. The summed E-state index contributed by atoms with van der Waals surface area (Å²) in [5.41, 5.74) is 0.583. The molecule has 1 atom stereocenters. The van der Waals surface area contributed by atoms with Crippen LogP contribution in [0.15, 0.2) is 54.1 Å². The highest BCUT2D eigenvalue weighted by Gasteiger charge is 2.46. The van der Waals surface area contributed by atoms with Crippen molar-refractivity contribution in [3.8, 4) is 5.75 Å². The summed E-state index contributed by atoms with van der Waals surface area (Å²) in [5.74, 6) is -1.21. The third-order valence-electron chi connectivity index (χ3n) is 8.05. The summed E-state index contributed by atoms with van der Waals surface area (Å²) in [6, 6.07) is 11.6. The van der Waals surface area contributed by atoms with Crippen molar-refractivity contribution in [2.24, 2.45) is 0 Å². The van der Waals surface area contributed by atoms with Crippen LogP contribution in [0, 0.1) is 10.1 Å². The number of hydrogen-bond donors (Lipinski definition) is 1. The van der Waals surface area contributed by atoms with E-state index in [9.17, 15) is 24.8 Å². The van der Waals surface area contributed by atoms with Crippen LogP contribution in [-0.4, -0.2) is 40.3 Å². The number of aliphatic hydroxyl groups excluding tert-OH is 1. The number of nitro groups is 1. The predicted molar refractivity (Wildman–Crippen MR) is 165 cm³/mol. The summed E-state index contributed by atoms with van der Waals surface area (Å²) in [7, 11) is 1.53. The molecule has 8 nitrogen and oxygen atoms in total. The maximum absolute atomic E-state index is 13.2. The van der Waals surface area contributed by atoms with Gasteiger partial charge in [0.15, 0.2) is 0 Å². The molecule has 228 valence electrons. The monoisotopic (exact) mass is 578 g/mol. The molecular weight excluding hydrogens is 532 g/mol. The second-order valence-electron chi connectivity index (χ2n) is 11.2. The van der Waals surface area contributed by atoms with Gasteiger partial charge in [-0.1, -0.05) is 103 Å². The average molecular weight is 579 g/mol. The van der Waals surface area contributed by atoms with Crippen LogP contribution in [0.5, 0.6) is 5.75 Å². The number of Topliss-reactive ketones (excluding diaryl/α,β-unsaturated/α-hetero) is 1. The lowest BCUT2D eigenvalue weighted by atomic mass is 9.95. The van der Waals surface area contributed by atoms with Gasteiger partial charge in [-0.2, -0.15) is 0 Å². The van der Waals surface area contributed by atoms with E-state index in [0.717, 1.165) is 19.3 Å². The van der Waals surface area contributed by atoms with Gasteiger partial charge in [0.25, 0.3) is 17.4 Å². The molecule has 1 N–H and O–H groups in total. The van der Waals surface area contributed by atoms with Crippen LogP contribution in [0.3, 0.4) is 0 Å². The number of ether oxygens (including phenoxy) is 1. The molecule has 0 aromatic heterocycles. The fourth-order valence-corrected chi connectivity index (χ4v) is 5.65. The Hall–Kier alpha value is -3.68. The fraction of sp³-hybridized carbons (Fsp3) is 0.529. The van der Waals surface area contributed by atoms with Gasteiger partial charge in [-0.3, -0.25) is 19.7 Å². The minimum absolute atomic E-state index is 0.0592. The zero-order valence-electron chi connectivity index (χ0n) is 25.2. The maximum atomic E-state index is 13.2. The number of ketones is 1. The Morgan fingerprint density at radius 1 is 0.857 bits per heavy atom. The van der Waals surface area contributed by atoms with E-state index in [1.165, 1.54) is 94.4 Å². The van der Waals surface area contributed by atoms with Crippen molar-refractivity contribution in [3.63, 3.8) is 0 Å². The predicted octanol–water partition coefficient (Wildman–Crippen LogP) is 8.51. The Bertz CT molecular complexity index is 1210. The number of aliphatic hydroxyl groups is 1. The molecule has 0 aliphatic carbocycles. The van der Waals surface area contributed by atoms with E-state index < -0.39 is 22.7 Å². The van der Waals surface area contributed by atoms with Gasteiger partial charge in [0.05, 0.1) is 23.6 Å². The average Bonchev–Trinajstić information content (AvgIpc) is 3.26. The van der Waals surface area contributed by atoms with Gasteiger partial charge in [0.2, 0.25) is 0 Å². The summed E-state index contributed by atoms with van der Waals surface area (Å²) >= 11 is 0. The highest BCUT2D eigenvalue weighted by Crippen LogP contribution is 2.40. The number of non-ortho nitro benzene ring substituents is 1. The fourth-order valence-electron chi connectivity index (χ4n) is 5.65. The first-order chi connectivity index (χ1) is 20.4. The Labute approximate surface area is 249 Å². The zero-order chi connectivity index (χ0) is 30.3. The molecule has 0 saturated carbocycles. The second-order valence-corrected chi connectivity index (χ2v) is 11.2. The standard InChI is InChI=1S/C34H46N2O6/c1-3-4-5-6-7-8-9-10-11-12-13-14-15-16-24-35-31(27-18-17-19-28(25-27)36(40)41)30(33(38)34(35)39)32(37)26-20-22-29(42-2)23-21-26/h17-23,25,31,37H,3-16,24H2,1-2H3/t31-/m1/s1. The normalized spacial score (nSPS) is 16.2. The minimum Gasteiger partial charge on any atom is -0.507 e. The summed E-state index contributed by atoms with van der Waals surface area (Å²) in [6.45, 7) is 2.57. The number of rotatable bonds is 19. The van der Waals surface area contributed by atoms with Crippen LogP contribution in [0.4, 0.5) is 5.69 Å². The molecule has 3 rings (SSSR count). The van der Waals surface area contributed by atoms with Gasteiger partial charge in [-0.15, -0.1) is 0 Å². The third-order valence-corrected chi connectivity index (χ3v) is 8.05. The van der Waals surface area contributed by atoms with Crippen molar-refractivity contribution in [2.45, 2.75) is 103 Å². The number of carbonyl (C=O) groups excluding carboxylic acids is 2. The summed E-state index contributed by atoms with van der Waals surface area (Å²) < 4.78 is 5.18. The number of methoxy groups -OCH3 is 1. The summed E-state index contributed by atoms with van der Waals surface area (Å²) in [5, 5.41) is 22.7. The Morgan fingerprint density at radius 3 is 1.93 bits per heavy atom. The Kier molecular flexibility index (Phi) is 13.5. The van der Waals surface area contributed by atoms with E-state index in [1.54, 1.807) is 30.3 Å². The van der Waals surface area contributed by atoms with E-state index >= 15 is 0 Å². The quantitative estimate of drug-likeness (QED) is 0.0447. The first kappa shape index (κ1) is 32.8. The number of nitrogens with zero attached hydrogens (tertiary/aromatic N) is 2. The van der Waals surface area contributed by atoms with E-state index in [2.05, 4.69) is 6.92 Å². The van der Waals surface area contributed by atoms with Gasteiger partial charge in [-0.05, 0) is 36.2 Å². The van der Waals surface area contributed by atoms with Gasteiger partial charge < -0.3 is 14.7 Å². The first-order valence-electron chi connectivity index (χ1n) is 15.6. The zero-order valence-corrected chi connectivity index (χ0v) is 25.2. The molecule has 1 heterocycles. The highest BCUT2D eigenvalue weighted by molar-refractivity contribution is 6.46. The number of unbranched alkanes of at least 4 members (excludes halogenated alkanes) is 13. The van der Waals surface area contributed by atoms with Crippen LogP contribution >= 0.6 is 0 Å². The van der Waals surface area contributed by atoms with Gasteiger partial charge >= 0.3 is 0 Å². The van der Waals surface area contributed by atoms with Crippen LogP contribution in [0.25, 0.3) is 5.76 Å².